The monoisotopic (exact) mass is 332 g/mol. The number of anilines is 1. The number of nitrogens with one attached hydrogen (secondary N) is 1. The molecule has 1 aliphatic carbocycles. The van der Waals surface area contributed by atoms with E-state index in [2.05, 4.69) is 17.1 Å². The minimum absolute atomic E-state index is 0.330. The number of phenols is 1. The van der Waals surface area contributed by atoms with Crippen LogP contribution in [0.5, 0.6) is 5.75 Å². The van der Waals surface area contributed by atoms with E-state index in [1.165, 1.54) is 32.1 Å². The Kier molecular flexibility index (Phi) is 5.67. The van der Waals surface area contributed by atoms with Crippen LogP contribution in [0, 0.1) is 0 Å². The Balaban J connectivity index is 1.56. The average molecular weight is 332 g/mol. The Labute approximate surface area is 146 Å². The normalized spacial score (nSPS) is 22.4. The molecule has 4 nitrogen and oxygen atoms in total. The van der Waals surface area contributed by atoms with Gasteiger partial charge in [-0.25, -0.2) is 0 Å². The highest BCUT2D eigenvalue weighted by atomic mass is 16.5. The quantitative estimate of drug-likeness (QED) is 0.796. The van der Waals surface area contributed by atoms with Crippen LogP contribution >= 0.6 is 0 Å². The van der Waals surface area contributed by atoms with Crippen molar-refractivity contribution < 1.29 is 9.84 Å². The molecule has 1 aromatic carbocycles. The maximum atomic E-state index is 10.1. The number of hydrogen-bond acceptors (Lipinski definition) is 4. The molecule has 24 heavy (non-hydrogen) atoms. The zero-order valence-electron chi connectivity index (χ0n) is 15.2. The van der Waals surface area contributed by atoms with E-state index < -0.39 is 0 Å². The van der Waals surface area contributed by atoms with Gasteiger partial charge in [0.25, 0.3) is 0 Å². The van der Waals surface area contributed by atoms with Gasteiger partial charge < -0.3 is 15.2 Å². The number of hydrogen-bond donors (Lipinski definition) is 2. The minimum Gasteiger partial charge on any atom is -0.506 e. The number of aromatic hydroxyl groups is 1. The first-order chi connectivity index (χ1) is 11.6. The summed E-state index contributed by atoms with van der Waals surface area (Å²) in [5, 5.41) is 13.7. The summed E-state index contributed by atoms with van der Waals surface area (Å²) in [5.74, 6) is 0.330. The second-order valence-electron chi connectivity index (χ2n) is 7.75. The van der Waals surface area contributed by atoms with Crippen molar-refractivity contribution in [2.24, 2.45) is 0 Å². The smallest absolute Gasteiger partial charge is 0.138 e. The summed E-state index contributed by atoms with van der Waals surface area (Å²) in [6.45, 7) is 5.35. The van der Waals surface area contributed by atoms with E-state index in [4.69, 9.17) is 4.74 Å². The zero-order valence-corrected chi connectivity index (χ0v) is 15.2. The molecule has 3 rings (SSSR count). The second-order valence-corrected chi connectivity index (χ2v) is 7.75. The fourth-order valence-corrected chi connectivity index (χ4v) is 4.37. The third-order valence-electron chi connectivity index (χ3n) is 5.92. The first-order valence-corrected chi connectivity index (χ1v) is 9.43. The molecular weight excluding hydrogens is 300 g/mol. The van der Waals surface area contributed by atoms with E-state index in [1.807, 2.05) is 12.1 Å². The topological polar surface area (TPSA) is 44.7 Å². The van der Waals surface area contributed by atoms with Gasteiger partial charge in [-0.15, -0.1) is 0 Å². The van der Waals surface area contributed by atoms with Gasteiger partial charge in [-0.3, -0.25) is 4.90 Å². The zero-order chi connectivity index (χ0) is 17.0. The predicted octanol–water partition coefficient (Wildman–Crippen LogP) is 4.14. The van der Waals surface area contributed by atoms with Gasteiger partial charge >= 0.3 is 0 Å². The highest BCUT2D eigenvalue weighted by Crippen LogP contribution is 2.35. The molecule has 2 N–H and O–H groups in total. The van der Waals surface area contributed by atoms with Gasteiger partial charge in [0.2, 0.25) is 0 Å². The SMILES string of the molecule is COCc1ccc(O)c(NC2CCN(C3(C)CCCCC3)CC2)c1. The molecule has 0 atom stereocenters. The lowest BCUT2D eigenvalue weighted by Gasteiger charge is -2.47. The van der Waals surface area contributed by atoms with Gasteiger partial charge in [-0.1, -0.05) is 25.3 Å². The molecule has 4 heteroatoms. The molecule has 2 fully saturated rings. The van der Waals surface area contributed by atoms with Crippen LogP contribution in [0.4, 0.5) is 5.69 Å². The predicted molar refractivity (Wildman–Crippen MR) is 98.5 cm³/mol. The summed E-state index contributed by atoms with van der Waals surface area (Å²) in [7, 11) is 1.70. The van der Waals surface area contributed by atoms with Crippen LogP contribution in [0.15, 0.2) is 18.2 Å². The maximum Gasteiger partial charge on any atom is 0.138 e. The molecule has 1 saturated heterocycles. The Bertz CT molecular complexity index is 532. The standard InChI is InChI=1S/C20H32N2O2/c1-20(10-4-3-5-11-20)22-12-8-17(9-13-22)21-18-14-16(15-24-2)6-7-19(18)23/h6-7,14,17,21,23H,3-5,8-13,15H2,1-2H3. The molecule has 2 aliphatic rings. The Morgan fingerprint density at radius 2 is 1.92 bits per heavy atom. The van der Waals surface area contributed by atoms with E-state index in [-0.39, 0.29) is 0 Å². The number of nitrogens with zero attached hydrogens (tertiary/aromatic N) is 1. The number of likely N-dealkylation sites (tertiary alicyclic amines) is 1. The van der Waals surface area contributed by atoms with E-state index in [0.717, 1.165) is 37.2 Å². The van der Waals surface area contributed by atoms with Crippen molar-refractivity contribution in [3.63, 3.8) is 0 Å². The number of methoxy groups -OCH3 is 1. The highest BCUT2D eigenvalue weighted by Gasteiger charge is 2.35. The molecule has 1 aromatic rings. The van der Waals surface area contributed by atoms with Gasteiger partial charge in [0.05, 0.1) is 12.3 Å². The Hall–Kier alpha value is -1.26. The fraction of sp³-hybridized carbons (Fsp3) is 0.700. The number of benzene rings is 1. The van der Waals surface area contributed by atoms with Crippen LogP contribution in [0.2, 0.25) is 0 Å². The maximum absolute atomic E-state index is 10.1. The summed E-state index contributed by atoms with van der Waals surface area (Å²) in [4.78, 5) is 2.71. The minimum atomic E-state index is 0.330. The molecule has 0 aromatic heterocycles. The summed E-state index contributed by atoms with van der Waals surface area (Å²) >= 11 is 0. The Morgan fingerprint density at radius 1 is 1.21 bits per heavy atom. The van der Waals surface area contributed by atoms with E-state index in [1.54, 1.807) is 13.2 Å². The Morgan fingerprint density at radius 3 is 2.58 bits per heavy atom. The highest BCUT2D eigenvalue weighted by molar-refractivity contribution is 5.57. The van der Waals surface area contributed by atoms with Crippen molar-refractivity contribution in [2.75, 3.05) is 25.5 Å². The van der Waals surface area contributed by atoms with Crippen LogP contribution < -0.4 is 5.32 Å². The van der Waals surface area contributed by atoms with E-state index >= 15 is 0 Å². The largest absolute Gasteiger partial charge is 0.506 e. The van der Waals surface area contributed by atoms with Crippen molar-refractivity contribution in [2.45, 2.75) is 70.1 Å². The lowest BCUT2D eigenvalue weighted by molar-refractivity contribution is 0.0457. The van der Waals surface area contributed by atoms with Gasteiger partial charge in [-0.05, 0) is 50.3 Å². The van der Waals surface area contributed by atoms with Crippen molar-refractivity contribution >= 4 is 5.69 Å². The third kappa shape index (κ3) is 4.04. The number of rotatable bonds is 5. The first-order valence-electron chi connectivity index (χ1n) is 9.43. The van der Waals surface area contributed by atoms with E-state index in [0.29, 0.717) is 23.9 Å². The summed E-state index contributed by atoms with van der Waals surface area (Å²) in [6, 6.07) is 6.12. The fourth-order valence-electron chi connectivity index (χ4n) is 4.37. The van der Waals surface area contributed by atoms with Crippen LogP contribution in [-0.2, 0) is 11.3 Å². The molecule has 0 unspecified atom stereocenters. The first kappa shape index (κ1) is 17.6. The summed E-state index contributed by atoms with van der Waals surface area (Å²) in [6.07, 6.45) is 9.16. The van der Waals surface area contributed by atoms with Crippen LogP contribution in [0.25, 0.3) is 0 Å². The molecule has 1 saturated carbocycles. The van der Waals surface area contributed by atoms with Crippen LogP contribution in [0.1, 0.15) is 57.4 Å². The third-order valence-corrected chi connectivity index (χ3v) is 5.92. The summed E-state index contributed by atoms with van der Waals surface area (Å²) < 4.78 is 5.19. The number of piperidine rings is 1. The van der Waals surface area contributed by atoms with E-state index in [9.17, 15) is 5.11 Å². The van der Waals surface area contributed by atoms with Gasteiger partial charge in [-0.2, -0.15) is 0 Å². The van der Waals surface area contributed by atoms with Crippen LogP contribution in [0.3, 0.4) is 0 Å². The second kappa shape index (κ2) is 7.75. The molecule has 0 spiro atoms. The van der Waals surface area contributed by atoms with Gasteiger partial charge in [0, 0.05) is 31.8 Å². The molecule has 1 heterocycles. The van der Waals surface area contributed by atoms with Crippen LogP contribution in [-0.4, -0.2) is 41.8 Å². The van der Waals surface area contributed by atoms with Gasteiger partial charge in [0.1, 0.15) is 5.75 Å². The van der Waals surface area contributed by atoms with Gasteiger partial charge in [0.15, 0.2) is 0 Å². The molecular formula is C20H32N2O2. The van der Waals surface area contributed by atoms with Crippen molar-refractivity contribution in [3.05, 3.63) is 23.8 Å². The lowest BCUT2D eigenvalue weighted by Crippen LogP contribution is -2.52. The van der Waals surface area contributed by atoms with Crippen molar-refractivity contribution in [3.8, 4) is 5.75 Å². The molecule has 0 amide bonds. The number of ether oxygens (including phenoxy) is 1. The number of phenolic OH excluding ortho intramolecular Hbond substituents is 1. The molecule has 0 radical (unpaired) electrons. The average Bonchev–Trinajstić information content (AvgIpc) is 2.59. The summed E-state index contributed by atoms with van der Waals surface area (Å²) in [5.41, 5.74) is 2.35. The van der Waals surface area contributed by atoms with Crippen molar-refractivity contribution in [1.82, 2.24) is 4.90 Å². The molecule has 134 valence electrons. The molecule has 1 aliphatic heterocycles. The van der Waals surface area contributed by atoms with Crippen molar-refractivity contribution in [1.29, 1.82) is 0 Å². The lowest BCUT2D eigenvalue weighted by atomic mass is 9.80. The molecule has 0 bridgehead atoms.